The molecule has 1 aliphatic rings. The van der Waals surface area contributed by atoms with Crippen LogP contribution in [0.3, 0.4) is 0 Å². The minimum atomic E-state index is -3.59. The average molecular weight is 519 g/mol. The van der Waals surface area contributed by atoms with Crippen LogP contribution >= 0.6 is 0 Å². The quantitative estimate of drug-likeness (QED) is 0.498. The number of hydrogen-bond donors (Lipinski definition) is 2. The molecule has 1 atom stereocenters. The maximum atomic E-state index is 13.0. The van der Waals surface area contributed by atoms with Gasteiger partial charge in [-0.1, -0.05) is 18.2 Å². The molecule has 11 heteroatoms. The van der Waals surface area contributed by atoms with E-state index in [0.717, 1.165) is 9.87 Å². The molecule has 10 nitrogen and oxygen atoms in total. The lowest BCUT2D eigenvalue weighted by molar-refractivity contribution is -0.120. The lowest BCUT2D eigenvalue weighted by atomic mass is 9.98. The molecule has 36 heavy (non-hydrogen) atoms. The van der Waals surface area contributed by atoms with E-state index in [1.54, 1.807) is 38.5 Å². The minimum absolute atomic E-state index is 0.103. The number of carbonyl (C=O) groups is 2. The number of ether oxygens (including phenoxy) is 2. The minimum Gasteiger partial charge on any atom is -0.493 e. The Balaban J connectivity index is 1.62. The first-order chi connectivity index (χ1) is 17.2. The number of carbonyl (C=O) groups excluding carboxylic acids is 2. The fraction of sp³-hybridized carbons (Fsp3) is 0.440. The van der Waals surface area contributed by atoms with E-state index in [2.05, 4.69) is 10.6 Å². The summed E-state index contributed by atoms with van der Waals surface area (Å²) in [5.74, 6) is 0.130. The fourth-order valence-corrected chi connectivity index (χ4v) is 5.26. The summed E-state index contributed by atoms with van der Waals surface area (Å²) in [5.41, 5.74) is 1.70. The van der Waals surface area contributed by atoms with Crippen LogP contribution in [0.2, 0.25) is 0 Å². The van der Waals surface area contributed by atoms with E-state index in [1.165, 1.54) is 18.4 Å². The molecule has 1 aliphatic heterocycles. The van der Waals surface area contributed by atoms with Crippen molar-refractivity contribution in [1.29, 1.82) is 0 Å². The number of para-hydroxylation sites is 1. The van der Waals surface area contributed by atoms with Gasteiger partial charge in [-0.05, 0) is 49.1 Å². The number of amides is 2. The van der Waals surface area contributed by atoms with Gasteiger partial charge in [0.15, 0.2) is 11.5 Å². The number of piperidine rings is 1. The summed E-state index contributed by atoms with van der Waals surface area (Å²) in [5, 5.41) is 5.72. The molecule has 2 N–H and O–H groups in total. The highest BCUT2D eigenvalue weighted by Gasteiger charge is 2.33. The molecule has 0 spiro atoms. The first kappa shape index (κ1) is 27.4. The van der Waals surface area contributed by atoms with Gasteiger partial charge in [-0.25, -0.2) is 0 Å². The van der Waals surface area contributed by atoms with Crippen LogP contribution in [0, 0.1) is 5.92 Å². The average Bonchev–Trinajstić information content (AvgIpc) is 2.88. The first-order valence-electron chi connectivity index (χ1n) is 11.7. The Morgan fingerprint density at radius 3 is 2.50 bits per heavy atom. The van der Waals surface area contributed by atoms with E-state index >= 15 is 0 Å². The number of rotatable bonds is 10. The van der Waals surface area contributed by atoms with E-state index in [0.29, 0.717) is 55.1 Å². The van der Waals surface area contributed by atoms with E-state index in [1.807, 2.05) is 18.2 Å². The van der Waals surface area contributed by atoms with Gasteiger partial charge in [-0.2, -0.15) is 17.0 Å². The maximum absolute atomic E-state index is 13.0. The lowest BCUT2D eigenvalue weighted by Crippen LogP contribution is -2.47. The van der Waals surface area contributed by atoms with Crippen molar-refractivity contribution in [2.45, 2.75) is 19.3 Å². The highest BCUT2D eigenvalue weighted by Crippen LogP contribution is 2.28. The smallest absolute Gasteiger partial charge is 0.281 e. The molecule has 0 radical (unpaired) electrons. The van der Waals surface area contributed by atoms with Gasteiger partial charge in [0, 0.05) is 33.7 Å². The highest BCUT2D eigenvalue weighted by molar-refractivity contribution is 7.86. The normalized spacial score (nSPS) is 16.4. The monoisotopic (exact) mass is 518 g/mol. The molecule has 1 heterocycles. The summed E-state index contributed by atoms with van der Waals surface area (Å²) in [6, 6.07) is 12.4. The molecule has 0 unspecified atom stereocenters. The van der Waals surface area contributed by atoms with Crippen LogP contribution < -0.4 is 20.1 Å². The summed E-state index contributed by atoms with van der Waals surface area (Å²) in [4.78, 5) is 25.9. The van der Waals surface area contributed by atoms with Crippen molar-refractivity contribution in [3.63, 3.8) is 0 Å². The summed E-state index contributed by atoms with van der Waals surface area (Å²) >= 11 is 0. The van der Waals surface area contributed by atoms with Gasteiger partial charge in [-0.15, -0.1) is 0 Å². The standard InChI is InChI=1S/C25H34N4O6S/c1-28(2)36(32,33)29-15-7-8-19(17-29)24(30)27-21-10-6-5-9-20(21)25(31)26-14-13-18-11-12-22(34-3)23(16-18)35-4/h5-6,9-12,16,19H,7-8,13-15,17H2,1-4H3,(H,26,31)(H,27,30)/t19-/m1/s1. The van der Waals surface area contributed by atoms with Crippen molar-refractivity contribution in [1.82, 2.24) is 13.9 Å². The van der Waals surface area contributed by atoms with Gasteiger partial charge < -0.3 is 20.1 Å². The summed E-state index contributed by atoms with van der Waals surface area (Å²) in [6.45, 7) is 0.867. The molecule has 196 valence electrons. The van der Waals surface area contributed by atoms with Crippen LogP contribution in [0.5, 0.6) is 11.5 Å². The topological polar surface area (TPSA) is 117 Å². The number of anilines is 1. The zero-order valence-electron chi connectivity index (χ0n) is 21.1. The van der Waals surface area contributed by atoms with Crippen LogP contribution in [-0.2, 0) is 21.4 Å². The Kier molecular flexibility index (Phi) is 9.30. The molecule has 2 aromatic rings. The van der Waals surface area contributed by atoms with Gasteiger partial charge >= 0.3 is 0 Å². The Bertz CT molecular complexity index is 1180. The van der Waals surface area contributed by atoms with E-state index in [4.69, 9.17) is 9.47 Å². The van der Waals surface area contributed by atoms with Crippen molar-refractivity contribution >= 4 is 27.7 Å². The lowest BCUT2D eigenvalue weighted by Gasteiger charge is -2.32. The Hall–Kier alpha value is -3.15. The molecular formula is C25H34N4O6S. The maximum Gasteiger partial charge on any atom is 0.281 e. The third-order valence-corrected chi connectivity index (χ3v) is 8.03. The second-order valence-corrected chi connectivity index (χ2v) is 10.9. The summed E-state index contributed by atoms with van der Waals surface area (Å²) in [7, 11) is 2.49. The van der Waals surface area contributed by atoms with E-state index in [9.17, 15) is 18.0 Å². The van der Waals surface area contributed by atoms with Gasteiger partial charge in [-0.3, -0.25) is 9.59 Å². The van der Waals surface area contributed by atoms with Crippen molar-refractivity contribution in [2.24, 2.45) is 5.92 Å². The van der Waals surface area contributed by atoms with Gasteiger partial charge in [0.25, 0.3) is 16.1 Å². The molecular weight excluding hydrogens is 484 g/mol. The molecule has 3 rings (SSSR count). The van der Waals surface area contributed by atoms with Crippen molar-refractivity contribution in [3.8, 4) is 11.5 Å². The second-order valence-electron chi connectivity index (χ2n) is 8.72. The number of benzene rings is 2. The summed E-state index contributed by atoms with van der Waals surface area (Å²) in [6.07, 6.45) is 1.74. The predicted octanol–water partition coefficient (Wildman–Crippen LogP) is 2.13. The van der Waals surface area contributed by atoms with Crippen molar-refractivity contribution in [3.05, 3.63) is 53.6 Å². The third-order valence-electron chi connectivity index (χ3n) is 6.12. The molecule has 0 bridgehead atoms. The fourth-order valence-electron chi connectivity index (χ4n) is 4.07. The van der Waals surface area contributed by atoms with E-state index in [-0.39, 0.29) is 18.4 Å². The Labute approximate surface area is 212 Å². The van der Waals surface area contributed by atoms with Gasteiger partial charge in [0.05, 0.1) is 31.4 Å². The SMILES string of the molecule is COc1ccc(CCNC(=O)c2ccccc2NC(=O)[C@@H]2CCCN(S(=O)(=O)N(C)C)C2)cc1OC. The van der Waals surface area contributed by atoms with Crippen LogP contribution in [0.25, 0.3) is 0 Å². The van der Waals surface area contributed by atoms with Gasteiger partial charge in [0.1, 0.15) is 0 Å². The van der Waals surface area contributed by atoms with Crippen molar-refractivity contribution in [2.75, 3.05) is 53.3 Å². The van der Waals surface area contributed by atoms with Crippen LogP contribution in [-0.4, -0.2) is 76.8 Å². The Morgan fingerprint density at radius 2 is 1.81 bits per heavy atom. The third kappa shape index (κ3) is 6.54. The number of methoxy groups -OCH3 is 2. The molecule has 1 fully saturated rings. The van der Waals surface area contributed by atoms with E-state index < -0.39 is 16.1 Å². The summed E-state index contributed by atoms with van der Waals surface area (Å²) < 4.78 is 38.0. The van der Waals surface area contributed by atoms with Crippen molar-refractivity contribution < 1.29 is 27.5 Å². The second kappa shape index (κ2) is 12.2. The molecule has 1 saturated heterocycles. The number of hydrogen-bond acceptors (Lipinski definition) is 6. The zero-order valence-corrected chi connectivity index (χ0v) is 21.9. The molecule has 0 aromatic heterocycles. The molecule has 0 aliphatic carbocycles. The molecule has 2 aromatic carbocycles. The first-order valence-corrected chi connectivity index (χ1v) is 13.1. The number of nitrogens with zero attached hydrogens (tertiary/aromatic N) is 2. The Morgan fingerprint density at radius 1 is 1.08 bits per heavy atom. The molecule has 0 saturated carbocycles. The number of nitrogens with one attached hydrogen (secondary N) is 2. The largest absolute Gasteiger partial charge is 0.493 e. The predicted molar refractivity (Wildman–Crippen MR) is 138 cm³/mol. The van der Waals surface area contributed by atoms with Crippen LogP contribution in [0.1, 0.15) is 28.8 Å². The zero-order chi connectivity index (χ0) is 26.3. The molecule has 2 amide bonds. The van der Waals surface area contributed by atoms with Crippen LogP contribution in [0.15, 0.2) is 42.5 Å². The van der Waals surface area contributed by atoms with Gasteiger partial charge in [0.2, 0.25) is 5.91 Å². The van der Waals surface area contributed by atoms with Crippen LogP contribution in [0.4, 0.5) is 5.69 Å². The highest BCUT2D eigenvalue weighted by atomic mass is 32.2.